The molecular formula is C11H10F2N2S. The van der Waals surface area contributed by atoms with Crippen molar-refractivity contribution in [1.82, 2.24) is 10.3 Å². The number of thiazole rings is 1. The standard InChI is InChI=1S/C11H10F2N2S/c12-10-3-1-2-8(11(10)13)4-14-5-9-6-15-7-16-9/h1-3,6-7,14H,4-5H2. The van der Waals surface area contributed by atoms with E-state index >= 15 is 0 Å². The normalized spacial score (nSPS) is 10.6. The van der Waals surface area contributed by atoms with Crippen molar-refractivity contribution in [2.45, 2.75) is 13.1 Å². The summed E-state index contributed by atoms with van der Waals surface area (Å²) in [5.41, 5.74) is 2.07. The Labute approximate surface area is 96.0 Å². The topological polar surface area (TPSA) is 24.9 Å². The molecule has 2 nitrogen and oxygen atoms in total. The van der Waals surface area contributed by atoms with Crippen LogP contribution in [-0.4, -0.2) is 4.98 Å². The summed E-state index contributed by atoms with van der Waals surface area (Å²) in [6.07, 6.45) is 1.75. The maximum Gasteiger partial charge on any atom is 0.163 e. The highest BCUT2D eigenvalue weighted by Crippen LogP contribution is 2.11. The van der Waals surface area contributed by atoms with Crippen LogP contribution in [0.3, 0.4) is 0 Å². The lowest BCUT2D eigenvalue weighted by Gasteiger charge is -2.04. The maximum absolute atomic E-state index is 13.2. The maximum atomic E-state index is 13.2. The van der Waals surface area contributed by atoms with Crippen LogP contribution in [-0.2, 0) is 13.1 Å². The van der Waals surface area contributed by atoms with Gasteiger partial charge in [0.15, 0.2) is 11.6 Å². The summed E-state index contributed by atoms with van der Waals surface area (Å²) >= 11 is 1.52. The van der Waals surface area contributed by atoms with Crippen molar-refractivity contribution >= 4 is 11.3 Å². The molecule has 0 atom stereocenters. The molecule has 84 valence electrons. The summed E-state index contributed by atoms with van der Waals surface area (Å²) < 4.78 is 26.1. The molecule has 1 heterocycles. The molecule has 1 aromatic carbocycles. The lowest BCUT2D eigenvalue weighted by Crippen LogP contribution is -2.13. The van der Waals surface area contributed by atoms with E-state index in [1.807, 2.05) is 0 Å². The van der Waals surface area contributed by atoms with E-state index in [9.17, 15) is 8.78 Å². The van der Waals surface area contributed by atoms with Gasteiger partial charge in [0.05, 0.1) is 5.51 Å². The number of nitrogens with one attached hydrogen (secondary N) is 1. The van der Waals surface area contributed by atoms with Crippen LogP contribution < -0.4 is 5.32 Å². The van der Waals surface area contributed by atoms with E-state index < -0.39 is 11.6 Å². The second-order valence-electron chi connectivity index (χ2n) is 3.28. The number of halogens is 2. The second kappa shape index (κ2) is 5.14. The Kier molecular flexibility index (Phi) is 3.58. The van der Waals surface area contributed by atoms with Crippen molar-refractivity contribution in [3.63, 3.8) is 0 Å². The Morgan fingerprint density at radius 3 is 2.88 bits per heavy atom. The monoisotopic (exact) mass is 240 g/mol. The predicted octanol–water partition coefficient (Wildman–Crippen LogP) is 2.71. The Hall–Kier alpha value is -1.33. The molecule has 1 N–H and O–H groups in total. The highest BCUT2D eigenvalue weighted by molar-refractivity contribution is 7.09. The summed E-state index contributed by atoms with van der Waals surface area (Å²) in [5.74, 6) is -1.59. The molecule has 0 aliphatic carbocycles. The zero-order chi connectivity index (χ0) is 11.4. The molecule has 1 aromatic heterocycles. The third kappa shape index (κ3) is 2.62. The minimum atomic E-state index is -0.808. The number of benzene rings is 1. The van der Waals surface area contributed by atoms with Gasteiger partial charge in [-0.05, 0) is 6.07 Å². The van der Waals surface area contributed by atoms with Gasteiger partial charge < -0.3 is 5.32 Å². The second-order valence-corrected chi connectivity index (χ2v) is 4.26. The molecule has 0 saturated heterocycles. The number of nitrogens with zero attached hydrogens (tertiary/aromatic N) is 1. The molecule has 16 heavy (non-hydrogen) atoms. The van der Waals surface area contributed by atoms with Gasteiger partial charge in [0.2, 0.25) is 0 Å². The van der Waals surface area contributed by atoms with E-state index in [1.165, 1.54) is 17.4 Å². The Morgan fingerprint density at radius 1 is 1.25 bits per heavy atom. The summed E-state index contributed by atoms with van der Waals surface area (Å²) in [6, 6.07) is 4.18. The molecule has 2 rings (SSSR count). The average Bonchev–Trinajstić information content (AvgIpc) is 2.77. The summed E-state index contributed by atoms with van der Waals surface area (Å²) in [5, 5.41) is 3.04. The van der Waals surface area contributed by atoms with Crippen molar-refractivity contribution in [2.24, 2.45) is 0 Å². The molecule has 5 heteroatoms. The minimum Gasteiger partial charge on any atom is -0.308 e. The first-order chi connectivity index (χ1) is 7.77. The summed E-state index contributed by atoms with van der Waals surface area (Å²) in [4.78, 5) is 4.99. The highest BCUT2D eigenvalue weighted by Gasteiger charge is 2.06. The Balaban J connectivity index is 1.92. The summed E-state index contributed by atoms with van der Waals surface area (Å²) in [6.45, 7) is 0.919. The number of hydrogen-bond acceptors (Lipinski definition) is 3. The predicted molar refractivity (Wildman–Crippen MR) is 59.0 cm³/mol. The van der Waals surface area contributed by atoms with Crippen molar-refractivity contribution < 1.29 is 8.78 Å². The van der Waals surface area contributed by atoms with Crippen LogP contribution >= 0.6 is 11.3 Å². The molecule has 2 aromatic rings. The van der Waals surface area contributed by atoms with Crippen molar-refractivity contribution in [3.8, 4) is 0 Å². The quantitative estimate of drug-likeness (QED) is 0.888. The zero-order valence-electron chi connectivity index (χ0n) is 8.41. The third-order valence-electron chi connectivity index (χ3n) is 2.13. The first-order valence-corrected chi connectivity index (χ1v) is 5.66. The van der Waals surface area contributed by atoms with Gasteiger partial charge in [-0.15, -0.1) is 11.3 Å². The van der Waals surface area contributed by atoms with Gasteiger partial charge in [0, 0.05) is 29.7 Å². The van der Waals surface area contributed by atoms with Crippen LogP contribution in [0.4, 0.5) is 8.78 Å². The Morgan fingerprint density at radius 2 is 2.12 bits per heavy atom. The largest absolute Gasteiger partial charge is 0.308 e. The molecule has 0 fully saturated rings. The molecule has 0 saturated carbocycles. The van der Waals surface area contributed by atoms with Crippen molar-refractivity contribution in [3.05, 3.63) is 52.0 Å². The van der Waals surface area contributed by atoms with Gasteiger partial charge in [-0.2, -0.15) is 0 Å². The third-order valence-corrected chi connectivity index (χ3v) is 2.91. The molecule has 0 aliphatic rings. The lowest BCUT2D eigenvalue weighted by molar-refractivity contribution is 0.493. The number of hydrogen-bond donors (Lipinski definition) is 1. The molecule has 0 bridgehead atoms. The molecule has 0 unspecified atom stereocenters. The average molecular weight is 240 g/mol. The highest BCUT2D eigenvalue weighted by atomic mass is 32.1. The van der Waals surface area contributed by atoms with Gasteiger partial charge in [-0.25, -0.2) is 8.78 Å². The fourth-order valence-electron chi connectivity index (χ4n) is 1.33. The van der Waals surface area contributed by atoms with E-state index in [-0.39, 0.29) is 0 Å². The SMILES string of the molecule is Fc1cccc(CNCc2cncs2)c1F. The minimum absolute atomic E-state index is 0.307. The summed E-state index contributed by atoms with van der Waals surface area (Å²) in [7, 11) is 0. The zero-order valence-corrected chi connectivity index (χ0v) is 9.23. The first kappa shape index (κ1) is 11.2. The van der Waals surface area contributed by atoms with Crippen molar-refractivity contribution in [1.29, 1.82) is 0 Å². The molecule has 0 aliphatic heterocycles. The van der Waals surface area contributed by atoms with Gasteiger partial charge in [0.25, 0.3) is 0 Å². The smallest absolute Gasteiger partial charge is 0.163 e. The van der Waals surface area contributed by atoms with Gasteiger partial charge in [-0.3, -0.25) is 4.98 Å². The van der Waals surface area contributed by atoms with Gasteiger partial charge >= 0.3 is 0 Å². The van der Waals surface area contributed by atoms with Crippen LogP contribution in [0.25, 0.3) is 0 Å². The molecule has 0 spiro atoms. The van der Waals surface area contributed by atoms with E-state index in [0.717, 1.165) is 10.9 Å². The van der Waals surface area contributed by atoms with Crippen LogP contribution in [0.5, 0.6) is 0 Å². The van der Waals surface area contributed by atoms with Crippen LogP contribution in [0.2, 0.25) is 0 Å². The number of rotatable bonds is 4. The van der Waals surface area contributed by atoms with E-state index in [1.54, 1.807) is 17.8 Å². The lowest BCUT2D eigenvalue weighted by atomic mass is 10.2. The number of aromatic nitrogens is 1. The molecule has 0 amide bonds. The fraction of sp³-hybridized carbons (Fsp3) is 0.182. The van der Waals surface area contributed by atoms with E-state index in [0.29, 0.717) is 18.7 Å². The van der Waals surface area contributed by atoms with Gasteiger partial charge in [-0.1, -0.05) is 12.1 Å². The van der Waals surface area contributed by atoms with Crippen LogP contribution in [0.15, 0.2) is 29.9 Å². The van der Waals surface area contributed by atoms with Crippen molar-refractivity contribution in [2.75, 3.05) is 0 Å². The Bertz CT molecular complexity index is 457. The fourth-order valence-corrected chi connectivity index (χ4v) is 1.90. The van der Waals surface area contributed by atoms with Crippen LogP contribution in [0, 0.1) is 11.6 Å². The van der Waals surface area contributed by atoms with E-state index in [2.05, 4.69) is 10.3 Å². The van der Waals surface area contributed by atoms with Crippen LogP contribution in [0.1, 0.15) is 10.4 Å². The molecule has 0 radical (unpaired) electrons. The first-order valence-electron chi connectivity index (χ1n) is 4.78. The van der Waals surface area contributed by atoms with Gasteiger partial charge in [0.1, 0.15) is 0 Å². The van der Waals surface area contributed by atoms with E-state index in [4.69, 9.17) is 0 Å². The molecular weight excluding hydrogens is 230 g/mol.